The second kappa shape index (κ2) is 2.55. The van der Waals surface area contributed by atoms with Gasteiger partial charge < -0.3 is 5.11 Å². The second-order valence-electron chi connectivity index (χ2n) is 1.56. The van der Waals surface area contributed by atoms with E-state index in [-0.39, 0.29) is 17.0 Å². The highest BCUT2D eigenvalue weighted by atomic mass is 16.3. The standard InChI is InChI=1S/C5H7BO2/c1-3(7)5(6)4(2)8/h7H,1-2H3/b5-3+. The average molecular weight is 110 g/mol. The summed E-state index contributed by atoms with van der Waals surface area (Å²) in [5.74, 6) is -0.414. The van der Waals surface area contributed by atoms with Crippen molar-refractivity contribution in [3.8, 4) is 0 Å². The summed E-state index contributed by atoms with van der Waals surface area (Å²) in [6.07, 6.45) is 0. The molecule has 0 aliphatic rings. The van der Waals surface area contributed by atoms with E-state index in [9.17, 15) is 4.79 Å². The summed E-state index contributed by atoms with van der Waals surface area (Å²) < 4.78 is 0. The van der Waals surface area contributed by atoms with Crippen LogP contribution in [0.4, 0.5) is 0 Å². The predicted octanol–water partition coefficient (Wildman–Crippen LogP) is 0.533. The molecule has 2 nitrogen and oxygen atoms in total. The molecule has 0 aromatic carbocycles. The molecule has 0 saturated carbocycles. The molecular formula is C5H7BO2. The van der Waals surface area contributed by atoms with Gasteiger partial charge in [0.2, 0.25) is 0 Å². The van der Waals surface area contributed by atoms with Crippen LogP contribution in [0.25, 0.3) is 0 Å². The minimum Gasteiger partial charge on any atom is -0.513 e. The first kappa shape index (κ1) is 7.27. The fraction of sp³-hybridized carbons (Fsp3) is 0.400. The lowest BCUT2D eigenvalue weighted by Gasteiger charge is -1.93. The molecule has 1 N–H and O–H groups in total. The Morgan fingerprint density at radius 2 is 1.88 bits per heavy atom. The fourth-order valence-electron chi connectivity index (χ4n) is 0.255. The SMILES string of the molecule is [B]/C(C(C)=O)=C(\C)O. The third-order valence-electron chi connectivity index (χ3n) is 0.769. The first-order valence-electron chi connectivity index (χ1n) is 2.22. The number of rotatable bonds is 1. The number of aliphatic hydroxyl groups is 1. The highest BCUT2D eigenvalue weighted by Gasteiger charge is 1.97. The van der Waals surface area contributed by atoms with Gasteiger partial charge in [-0.15, -0.1) is 0 Å². The molecule has 8 heavy (non-hydrogen) atoms. The molecule has 0 aromatic heterocycles. The number of Topliss-reactive ketones (excluding diaryl/α,β-unsaturated/α-hetero) is 1. The molecule has 0 fully saturated rings. The van der Waals surface area contributed by atoms with Crippen LogP contribution in [0, 0.1) is 0 Å². The number of carbonyl (C=O) groups excluding carboxylic acids is 1. The van der Waals surface area contributed by atoms with Crippen LogP contribution in [0.1, 0.15) is 13.8 Å². The number of ketones is 1. The topological polar surface area (TPSA) is 37.3 Å². The Bertz CT molecular complexity index is 133. The summed E-state index contributed by atoms with van der Waals surface area (Å²) in [6.45, 7) is 2.67. The van der Waals surface area contributed by atoms with Crippen LogP contribution in [0.5, 0.6) is 0 Å². The molecule has 2 radical (unpaired) electrons. The molecule has 0 amide bonds. The Morgan fingerprint density at radius 1 is 1.50 bits per heavy atom. The maximum absolute atomic E-state index is 10.2. The minimum absolute atomic E-state index is 0.0648. The molecule has 0 aromatic rings. The predicted molar refractivity (Wildman–Crippen MR) is 31.8 cm³/mol. The van der Waals surface area contributed by atoms with Gasteiger partial charge in [-0.1, -0.05) is 0 Å². The van der Waals surface area contributed by atoms with Gasteiger partial charge in [-0.3, -0.25) is 4.79 Å². The van der Waals surface area contributed by atoms with E-state index in [2.05, 4.69) is 0 Å². The summed E-state index contributed by atoms with van der Waals surface area (Å²) in [7, 11) is 5.04. The van der Waals surface area contributed by atoms with E-state index in [0.717, 1.165) is 0 Å². The average Bonchev–Trinajstić information content (AvgIpc) is 1.64. The van der Waals surface area contributed by atoms with Gasteiger partial charge in [0.1, 0.15) is 13.6 Å². The molecule has 42 valence electrons. The van der Waals surface area contributed by atoms with Gasteiger partial charge in [0, 0.05) is 0 Å². The number of aliphatic hydroxyl groups excluding tert-OH is 1. The van der Waals surface area contributed by atoms with E-state index in [1.54, 1.807) is 0 Å². The van der Waals surface area contributed by atoms with Gasteiger partial charge in [0.25, 0.3) is 0 Å². The fourth-order valence-corrected chi connectivity index (χ4v) is 0.255. The van der Waals surface area contributed by atoms with Gasteiger partial charge in [0.15, 0.2) is 0 Å². The highest BCUT2D eigenvalue weighted by Crippen LogP contribution is 1.94. The molecule has 0 unspecified atom stereocenters. The summed E-state index contributed by atoms with van der Waals surface area (Å²) in [5.41, 5.74) is -0.0648. The highest BCUT2D eigenvalue weighted by molar-refractivity contribution is 6.36. The van der Waals surface area contributed by atoms with Crippen LogP contribution < -0.4 is 0 Å². The summed E-state index contributed by atoms with van der Waals surface area (Å²) in [6, 6.07) is 0. The number of hydrogen-bond acceptors (Lipinski definition) is 2. The van der Waals surface area contributed by atoms with Crippen molar-refractivity contribution in [3.05, 3.63) is 11.2 Å². The largest absolute Gasteiger partial charge is 0.513 e. The van der Waals surface area contributed by atoms with Crippen LogP contribution in [0.3, 0.4) is 0 Å². The summed E-state index contributed by atoms with van der Waals surface area (Å²) in [5, 5.41) is 8.53. The number of allylic oxidation sites excluding steroid dienone is 2. The van der Waals surface area contributed by atoms with Crippen molar-refractivity contribution in [1.29, 1.82) is 0 Å². The molecule has 0 saturated heterocycles. The third kappa shape index (κ3) is 1.82. The molecule has 0 heterocycles. The minimum atomic E-state index is -0.301. The van der Waals surface area contributed by atoms with E-state index >= 15 is 0 Å². The van der Waals surface area contributed by atoms with Gasteiger partial charge in [-0.2, -0.15) is 0 Å². The van der Waals surface area contributed by atoms with Crippen LogP contribution in [0.15, 0.2) is 11.2 Å². The molecular weight excluding hydrogens is 103 g/mol. The van der Waals surface area contributed by atoms with Crippen molar-refractivity contribution in [3.63, 3.8) is 0 Å². The van der Waals surface area contributed by atoms with E-state index in [1.807, 2.05) is 0 Å². The maximum atomic E-state index is 10.2. The Morgan fingerprint density at radius 3 is 1.88 bits per heavy atom. The molecule has 0 rings (SSSR count). The van der Waals surface area contributed by atoms with Crippen molar-refractivity contribution in [2.45, 2.75) is 13.8 Å². The Kier molecular flexibility index (Phi) is 2.32. The van der Waals surface area contributed by atoms with Crippen molar-refractivity contribution in [2.24, 2.45) is 0 Å². The lowest BCUT2D eigenvalue weighted by Crippen LogP contribution is -1.98. The first-order valence-corrected chi connectivity index (χ1v) is 2.22. The number of hydrogen-bond donors (Lipinski definition) is 1. The lowest BCUT2D eigenvalue weighted by molar-refractivity contribution is -0.113. The quantitative estimate of drug-likeness (QED) is 0.303. The van der Waals surface area contributed by atoms with Crippen molar-refractivity contribution >= 4 is 13.6 Å². The first-order chi connectivity index (χ1) is 3.55. The molecule has 0 bridgehead atoms. The smallest absolute Gasteiger partial charge is 0.148 e. The maximum Gasteiger partial charge on any atom is 0.148 e. The Labute approximate surface area is 49.6 Å². The normalized spacial score (nSPS) is 12.8. The molecule has 0 atom stereocenters. The van der Waals surface area contributed by atoms with Gasteiger partial charge in [-0.05, 0) is 19.3 Å². The summed E-state index contributed by atoms with van der Waals surface area (Å²) in [4.78, 5) is 10.2. The van der Waals surface area contributed by atoms with Crippen molar-refractivity contribution in [1.82, 2.24) is 0 Å². The van der Waals surface area contributed by atoms with Crippen molar-refractivity contribution in [2.75, 3.05) is 0 Å². The number of carbonyl (C=O) groups is 1. The zero-order chi connectivity index (χ0) is 6.73. The Balaban J connectivity index is 4.23. The van der Waals surface area contributed by atoms with Gasteiger partial charge in [-0.25, -0.2) is 0 Å². The van der Waals surface area contributed by atoms with Crippen LogP contribution in [-0.2, 0) is 4.79 Å². The van der Waals surface area contributed by atoms with E-state index in [4.69, 9.17) is 13.0 Å². The monoisotopic (exact) mass is 110 g/mol. The van der Waals surface area contributed by atoms with Crippen LogP contribution in [0.2, 0.25) is 0 Å². The Hall–Kier alpha value is -0.725. The second-order valence-corrected chi connectivity index (χ2v) is 1.56. The molecule has 0 aliphatic carbocycles. The van der Waals surface area contributed by atoms with Gasteiger partial charge >= 0.3 is 0 Å². The third-order valence-corrected chi connectivity index (χ3v) is 0.769. The lowest BCUT2D eigenvalue weighted by atomic mass is 9.91. The van der Waals surface area contributed by atoms with E-state index in [1.165, 1.54) is 13.8 Å². The van der Waals surface area contributed by atoms with E-state index in [0.29, 0.717) is 0 Å². The van der Waals surface area contributed by atoms with Crippen LogP contribution in [-0.4, -0.2) is 18.7 Å². The van der Waals surface area contributed by atoms with E-state index < -0.39 is 0 Å². The zero-order valence-electron chi connectivity index (χ0n) is 4.93. The zero-order valence-corrected chi connectivity index (χ0v) is 4.93. The van der Waals surface area contributed by atoms with Crippen LogP contribution >= 0.6 is 0 Å². The van der Waals surface area contributed by atoms with Gasteiger partial charge in [0.05, 0.1) is 5.76 Å². The van der Waals surface area contributed by atoms with Crippen molar-refractivity contribution < 1.29 is 9.90 Å². The molecule has 0 spiro atoms. The summed E-state index contributed by atoms with van der Waals surface area (Å²) >= 11 is 0. The molecule has 0 aliphatic heterocycles. The molecule has 3 heteroatoms.